The van der Waals surface area contributed by atoms with Crippen LogP contribution in [0.4, 0.5) is 0 Å². The smallest absolute Gasteiger partial charge is 0.240 e. The quantitative estimate of drug-likeness (QED) is 0.568. The Labute approximate surface area is 77.3 Å². The highest BCUT2D eigenvalue weighted by Gasteiger charge is 2.50. The largest absolute Gasteiger partial charge is 0.294 e. The van der Waals surface area contributed by atoms with Crippen molar-refractivity contribution in [3.63, 3.8) is 0 Å². The first kappa shape index (κ1) is 8.69. The van der Waals surface area contributed by atoms with Crippen molar-refractivity contribution in [1.82, 2.24) is 10.2 Å². The third-order valence-corrected chi connectivity index (χ3v) is 2.87. The zero-order valence-corrected chi connectivity index (χ0v) is 7.96. The van der Waals surface area contributed by atoms with Crippen molar-refractivity contribution >= 4 is 11.8 Å². The van der Waals surface area contributed by atoms with Gasteiger partial charge in [-0.25, -0.2) is 0 Å². The summed E-state index contributed by atoms with van der Waals surface area (Å²) < 4.78 is 0. The molecule has 0 spiro atoms. The van der Waals surface area contributed by atoms with Crippen molar-refractivity contribution in [3.05, 3.63) is 0 Å². The molecular formula is C9H14N2O2. The van der Waals surface area contributed by atoms with Crippen molar-refractivity contribution < 1.29 is 9.59 Å². The molecule has 1 N–H and O–H groups in total. The normalized spacial score (nSPS) is 32.9. The van der Waals surface area contributed by atoms with E-state index in [2.05, 4.69) is 19.2 Å². The van der Waals surface area contributed by atoms with Crippen LogP contribution in [-0.2, 0) is 9.59 Å². The molecule has 2 aliphatic rings. The third kappa shape index (κ3) is 1.58. The lowest BCUT2D eigenvalue weighted by molar-refractivity contribution is -0.136. The molecule has 13 heavy (non-hydrogen) atoms. The maximum atomic E-state index is 11.1. The summed E-state index contributed by atoms with van der Waals surface area (Å²) in [5, 5.41) is 2.30. The summed E-state index contributed by atoms with van der Waals surface area (Å²) in [6.07, 6.45) is 1.09. The van der Waals surface area contributed by atoms with Crippen molar-refractivity contribution in [2.75, 3.05) is 13.1 Å². The number of nitrogens with one attached hydrogen (secondary N) is 1. The molecule has 2 rings (SSSR count). The number of carbonyl (C=O) groups is 2. The van der Waals surface area contributed by atoms with Crippen LogP contribution in [0.2, 0.25) is 0 Å². The van der Waals surface area contributed by atoms with Gasteiger partial charge in [0.05, 0.1) is 13.1 Å². The number of hydrogen-bond donors (Lipinski definition) is 1. The molecule has 1 aliphatic carbocycles. The van der Waals surface area contributed by atoms with Crippen LogP contribution in [0.25, 0.3) is 0 Å². The number of rotatable bonds is 1. The minimum Gasteiger partial charge on any atom is -0.294 e. The minimum atomic E-state index is -0.168. The van der Waals surface area contributed by atoms with Gasteiger partial charge in [-0.3, -0.25) is 19.8 Å². The Morgan fingerprint density at radius 2 is 1.77 bits per heavy atom. The molecular weight excluding hydrogens is 168 g/mol. The van der Waals surface area contributed by atoms with Gasteiger partial charge in [0.15, 0.2) is 0 Å². The van der Waals surface area contributed by atoms with E-state index < -0.39 is 0 Å². The van der Waals surface area contributed by atoms with E-state index in [0.29, 0.717) is 19.1 Å². The fraction of sp³-hybridized carbons (Fsp3) is 0.778. The van der Waals surface area contributed by atoms with Crippen LogP contribution >= 0.6 is 0 Å². The van der Waals surface area contributed by atoms with Gasteiger partial charge in [-0.15, -0.1) is 0 Å². The molecule has 2 amide bonds. The molecule has 4 heteroatoms. The van der Waals surface area contributed by atoms with Crippen molar-refractivity contribution in [2.24, 2.45) is 5.41 Å². The molecule has 1 atom stereocenters. The Kier molecular flexibility index (Phi) is 1.70. The molecule has 0 bridgehead atoms. The highest BCUT2D eigenvalue weighted by molar-refractivity contribution is 5.99. The lowest BCUT2D eigenvalue weighted by Gasteiger charge is -2.26. The van der Waals surface area contributed by atoms with E-state index >= 15 is 0 Å². The molecule has 72 valence electrons. The van der Waals surface area contributed by atoms with Gasteiger partial charge in [-0.05, 0) is 11.8 Å². The van der Waals surface area contributed by atoms with Crippen LogP contribution in [0.5, 0.6) is 0 Å². The second kappa shape index (κ2) is 2.54. The van der Waals surface area contributed by atoms with Gasteiger partial charge >= 0.3 is 0 Å². The lowest BCUT2D eigenvalue weighted by atomic mass is 10.1. The van der Waals surface area contributed by atoms with E-state index in [1.54, 1.807) is 0 Å². The summed E-state index contributed by atoms with van der Waals surface area (Å²) in [5.74, 6) is -0.335. The van der Waals surface area contributed by atoms with Gasteiger partial charge in [0.1, 0.15) is 0 Å². The van der Waals surface area contributed by atoms with E-state index in [-0.39, 0.29) is 17.2 Å². The summed E-state index contributed by atoms with van der Waals surface area (Å²) in [6.45, 7) is 5.07. The molecule has 0 aromatic heterocycles. The Morgan fingerprint density at radius 1 is 1.31 bits per heavy atom. The second-order valence-electron chi connectivity index (χ2n) is 4.58. The lowest BCUT2D eigenvalue weighted by Crippen LogP contribution is -2.52. The van der Waals surface area contributed by atoms with E-state index in [1.165, 1.54) is 0 Å². The highest BCUT2D eigenvalue weighted by atomic mass is 16.2. The molecule has 1 saturated carbocycles. The number of hydrogen-bond acceptors (Lipinski definition) is 3. The molecule has 2 fully saturated rings. The monoisotopic (exact) mass is 182 g/mol. The molecule has 0 radical (unpaired) electrons. The van der Waals surface area contributed by atoms with Crippen molar-refractivity contribution in [3.8, 4) is 0 Å². The van der Waals surface area contributed by atoms with E-state index in [0.717, 1.165) is 6.42 Å². The van der Waals surface area contributed by atoms with Crippen LogP contribution in [-0.4, -0.2) is 35.8 Å². The maximum absolute atomic E-state index is 11.1. The molecule has 1 unspecified atom stereocenters. The zero-order chi connectivity index (χ0) is 9.64. The maximum Gasteiger partial charge on any atom is 0.240 e. The van der Waals surface area contributed by atoms with Gasteiger partial charge in [-0.1, -0.05) is 13.8 Å². The molecule has 1 saturated heterocycles. The van der Waals surface area contributed by atoms with E-state index in [1.807, 2.05) is 4.90 Å². The van der Waals surface area contributed by atoms with Crippen LogP contribution in [0, 0.1) is 5.41 Å². The number of carbonyl (C=O) groups excluding carboxylic acids is 2. The summed E-state index contributed by atoms with van der Waals surface area (Å²) >= 11 is 0. The Morgan fingerprint density at radius 3 is 2.15 bits per heavy atom. The highest BCUT2D eigenvalue weighted by Crippen LogP contribution is 2.48. The SMILES string of the molecule is CC1(C)CC1N1CC(=O)NC(=O)C1. The van der Waals surface area contributed by atoms with Crippen LogP contribution < -0.4 is 5.32 Å². The number of nitrogens with zero attached hydrogens (tertiary/aromatic N) is 1. The number of piperazine rings is 1. The number of imide groups is 1. The average molecular weight is 182 g/mol. The first-order valence-electron chi connectivity index (χ1n) is 4.56. The Balaban J connectivity index is 2.01. The Hall–Kier alpha value is -0.900. The van der Waals surface area contributed by atoms with Gasteiger partial charge in [0, 0.05) is 6.04 Å². The van der Waals surface area contributed by atoms with Gasteiger partial charge in [-0.2, -0.15) is 0 Å². The average Bonchev–Trinajstić information content (AvgIpc) is 2.57. The first-order chi connectivity index (χ1) is 5.99. The van der Waals surface area contributed by atoms with E-state index in [9.17, 15) is 9.59 Å². The summed E-state index contributed by atoms with van der Waals surface area (Å²) in [4.78, 5) is 24.1. The van der Waals surface area contributed by atoms with Gasteiger partial charge in [0.2, 0.25) is 11.8 Å². The van der Waals surface area contributed by atoms with E-state index in [4.69, 9.17) is 0 Å². The molecule has 1 aliphatic heterocycles. The zero-order valence-electron chi connectivity index (χ0n) is 7.96. The summed E-state index contributed by atoms with van der Waals surface area (Å²) in [6, 6.07) is 0.419. The standard InChI is InChI=1S/C9H14N2O2/c1-9(2)3-6(9)11-4-7(12)10-8(13)5-11/h6H,3-5H2,1-2H3,(H,10,12,13). The summed E-state index contributed by atoms with van der Waals surface area (Å²) in [7, 11) is 0. The minimum absolute atomic E-state index is 0.168. The van der Waals surface area contributed by atoms with Crippen LogP contribution in [0.1, 0.15) is 20.3 Å². The fourth-order valence-corrected chi connectivity index (χ4v) is 1.94. The summed E-state index contributed by atoms with van der Waals surface area (Å²) in [5.41, 5.74) is 0.290. The molecule has 1 heterocycles. The molecule has 0 aromatic carbocycles. The Bertz CT molecular complexity index is 257. The predicted octanol–water partition coefficient (Wildman–Crippen LogP) is -0.257. The number of amides is 2. The molecule has 0 aromatic rings. The topological polar surface area (TPSA) is 49.4 Å². The van der Waals surface area contributed by atoms with Crippen LogP contribution in [0.15, 0.2) is 0 Å². The van der Waals surface area contributed by atoms with Gasteiger partial charge < -0.3 is 0 Å². The second-order valence-corrected chi connectivity index (χ2v) is 4.58. The third-order valence-electron chi connectivity index (χ3n) is 2.87. The van der Waals surface area contributed by atoms with Crippen molar-refractivity contribution in [1.29, 1.82) is 0 Å². The molecule has 4 nitrogen and oxygen atoms in total. The van der Waals surface area contributed by atoms with Gasteiger partial charge in [0.25, 0.3) is 0 Å². The first-order valence-corrected chi connectivity index (χ1v) is 4.56. The van der Waals surface area contributed by atoms with Crippen LogP contribution in [0.3, 0.4) is 0 Å². The fourth-order valence-electron chi connectivity index (χ4n) is 1.94. The predicted molar refractivity (Wildman–Crippen MR) is 46.9 cm³/mol. The van der Waals surface area contributed by atoms with Crippen molar-refractivity contribution in [2.45, 2.75) is 26.3 Å².